The maximum Gasteiger partial charge on any atom is 0.341 e. The van der Waals surface area contributed by atoms with Crippen molar-refractivity contribution in [2.75, 3.05) is 27.2 Å². The Morgan fingerprint density at radius 2 is 1.06 bits per heavy atom. The molecule has 0 bridgehead atoms. The van der Waals surface area contributed by atoms with E-state index in [9.17, 15) is 46.5 Å². The quantitative estimate of drug-likeness (QED) is 0.0591. The van der Waals surface area contributed by atoms with Crippen LogP contribution in [0.25, 0.3) is 21.5 Å². The summed E-state index contributed by atoms with van der Waals surface area (Å²) in [6.45, 7) is 1.44. The summed E-state index contributed by atoms with van der Waals surface area (Å²) in [6, 6.07) is 23.7. The molecule has 6 aromatic rings. The maximum atomic E-state index is 13.2. The number of phenols is 2. The number of aromatic carboxylic acids is 1. The van der Waals surface area contributed by atoms with E-state index in [4.69, 9.17) is 0 Å². The minimum atomic E-state index is -4.20. The number of rotatable bonds is 10. The number of aryl methyl sites for hydroxylation is 1. The fourth-order valence-corrected chi connectivity index (χ4v) is 7.70. The van der Waals surface area contributed by atoms with E-state index >= 15 is 0 Å². The Bertz CT molecular complexity index is 2750. The average molecular weight is 771 g/mol. The number of carbonyl (C=O) groups is 3. The van der Waals surface area contributed by atoms with Gasteiger partial charge in [0.2, 0.25) is 0 Å². The van der Waals surface area contributed by atoms with E-state index in [1.165, 1.54) is 43.3 Å². The molecule has 0 atom stereocenters. The SMILES string of the molecule is COC(=O)c1cc(NS(=O)(=O)c2ccc3ccc(NC(=O)Nc4ccc5ccc(S(=O)(=O)Nc6cc(C)c(O)c(C(=O)O)c6)cc5c4)cc3c2)ccc1O. The first kappa shape index (κ1) is 36.9. The fraction of sp³-hybridized carbons (Fsp3) is 0.0541. The predicted octanol–water partition coefficient (Wildman–Crippen LogP) is 6.44. The van der Waals surface area contributed by atoms with Crippen LogP contribution < -0.4 is 20.1 Å². The lowest BCUT2D eigenvalue weighted by Gasteiger charge is -2.13. The van der Waals surface area contributed by atoms with Crippen molar-refractivity contribution < 1.29 is 51.3 Å². The number of carboxylic acid groups (broad SMARTS) is 1. The molecule has 0 unspecified atom stereocenters. The largest absolute Gasteiger partial charge is 0.507 e. The lowest BCUT2D eigenvalue weighted by molar-refractivity contribution is 0.0596. The lowest BCUT2D eigenvalue weighted by Crippen LogP contribution is -2.19. The Kier molecular flexibility index (Phi) is 9.77. The molecule has 0 aliphatic carbocycles. The van der Waals surface area contributed by atoms with Crippen molar-refractivity contribution in [3.63, 3.8) is 0 Å². The van der Waals surface area contributed by atoms with Gasteiger partial charge in [0, 0.05) is 17.1 Å². The van der Waals surface area contributed by atoms with Crippen LogP contribution >= 0.6 is 0 Å². The predicted molar refractivity (Wildman–Crippen MR) is 201 cm³/mol. The normalized spacial score (nSPS) is 11.5. The maximum absolute atomic E-state index is 13.2. The molecule has 0 heterocycles. The zero-order valence-electron chi connectivity index (χ0n) is 28.2. The number of aromatic hydroxyl groups is 2. The molecule has 15 nitrogen and oxygen atoms in total. The van der Waals surface area contributed by atoms with Crippen LogP contribution in [-0.2, 0) is 24.8 Å². The fourth-order valence-electron chi connectivity index (χ4n) is 5.54. The summed E-state index contributed by atoms with van der Waals surface area (Å²) in [7, 11) is -7.23. The highest BCUT2D eigenvalue weighted by atomic mass is 32.2. The Balaban J connectivity index is 1.17. The molecule has 0 spiro atoms. The molecule has 6 aromatic carbocycles. The molecule has 2 amide bonds. The summed E-state index contributed by atoms with van der Waals surface area (Å²) in [5.41, 5.74) is 0.107. The smallest absolute Gasteiger partial charge is 0.341 e. The van der Waals surface area contributed by atoms with Crippen LogP contribution in [0.3, 0.4) is 0 Å². The van der Waals surface area contributed by atoms with Gasteiger partial charge < -0.3 is 30.7 Å². The van der Waals surface area contributed by atoms with E-state index in [2.05, 4.69) is 24.8 Å². The molecule has 17 heteroatoms. The van der Waals surface area contributed by atoms with Crippen molar-refractivity contribution in [1.82, 2.24) is 0 Å². The molecule has 0 aromatic heterocycles. The Morgan fingerprint density at radius 3 is 1.57 bits per heavy atom. The third-order valence-corrected chi connectivity index (χ3v) is 11.0. The first-order chi connectivity index (χ1) is 25.5. The molecule has 276 valence electrons. The number of esters is 1. The van der Waals surface area contributed by atoms with Crippen molar-refractivity contribution >= 4 is 82.3 Å². The number of methoxy groups -OCH3 is 1. The molecule has 0 saturated heterocycles. The van der Waals surface area contributed by atoms with Gasteiger partial charge in [-0.1, -0.05) is 24.3 Å². The molecule has 6 rings (SSSR count). The first-order valence-electron chi connectivity index (χ1n) is 15.7. The molecule has 54 heavy (non-hydrogen) atoms. The molecule has 0 saturated carbocycles. The number of amides is 2. The first-order valence-corrected chi connectivity index (χ1v) is 18.7. The summed E-state index contributed by atoms with van der Waals surface area (Å²) >= 11 is 0. The van der Waals surface area contributed by atoms with Crippen LogP contribution in [0.15, 0.2) is 113 Å². The van der Waals surface area contributed by atoms with Gasteiger partial charge >= 0.3 is 18.0 Å². The lowest BCUT2D eigenvalue weighted by atomic mass is 10.1. The van der Waals surface area contributed by atoms with Gasteiger partial charge in [-0.15, -0.1) is 0 Å². The second-order valence-electron chi connectivity index (χ2n) is 12.0. The van der Waals surface area contributed by atoms with Gasteiger partial charge in [0.1, 0.15) is 22.6 Å². The van der Waals surface area contributed by atoms with Gasteiger partial charge in [-0.3, -0.25) is 9.44 Å². The topological polar surface area (TPSA) is 238 Å². The van der Waals surface area contributed by atoms with Gasteiger partial charge in [-0.2, -0.15) is 0 Å². The average Bonchev–Trinajstić information content (AvgIpc) is 3.12. The molecule has 0 radical (unpaired) electrons. The number of benzene rings is 6. The Hall–Kier alpha value is -6.85. The summed E-state index contributed by atoms with van der Waals surface area (Å²) in [6.07, 6.45) is 0. The van der Waals surface area contributed by atoms with E-state index in [0.29, 0.717) is 32.9 Å². The number of fused-ring (bicyclic) bond motifs is 2. The Morgan fingerprint density at radius 1 is 0.574 bits per heavy atom. The third-order valence-electron chi connectivity index (χ3n) is 8.20. The number of carboxylic acids is 1. The van der Waals surface area contributed by atoms with Crippen molar-refractivity contribution in [1.29, 1.82) is 0 Å². The van der Waals surface area contributed by atoms with E-state index in [-0.39, 0.29) is 38.0 Å². The van der Waals surface area contributed by atoms with Gasteiger partial charge in [0.05, 0.1) is 22.6 Å². The van der Waals surface area contributed by atoms with E-state index in [1.54, 1.807) is 48.5 Å². The summed E-state index contributed by atoms with van der Waals surface area (Å²) in [5, 5.41) is 37.0. The molecule has 0 aliphatic heterocycles. The number of anilines is 4. The Labute approximate surface area is 307 Å². The second-order valence-corrected chi connectivity index (χ2v) is 15.3. The van der Waals surface area contributed by atoms with Gasteiger partial charge in [0.15, 0.2) is 0 Å². The van der Waals surface area contributed by atoms with Crippen LogP contribution in [-0.4, -0.2) is 57.2 Å². The zero-order chi connectivity index (χ0) is 38.9. The molecule has 0 fully saturated rings. The minimum Gasteiger partial charge on any atom is -0.507 e. The van der Waals surface area contributed by atoms with Crippen LogP contribution in [0.4, 0.5) is 27.5 Å². The molecule has 7 N–H and O–H groups in total. The van der Waals surface area contributed by atoms with E-state index in [0.717, 1.165) is 25.3 Å². The third kappa shape index (κ3) is 7.81. The van der Waals surface area contributed by atoms with Crippen molar-refractivity contribution in [3.05, 3.63) is 120 Å². The highest BCUT2D eigenvalue weighted by Gasteiger charge is 2.20. The number of hydrogen-bond donors (Lipinski definition) is 7. The number of sulfonamides is 2. The number of phenolic OH excluding ortho intramolecular Hbond substituents is 1. The minimum absolute atomic E-state index is 0.0174. The number of carbonyl (C=O) groups excluding carboxylic acids is 2. The number of nitrogens with one attached hydrogen (secondary N) is 4. The van der Waals surface area contributed by atoms with E-state index < -0.39 is 49.3 Å². The van der Waals surface area contributed by atoms with E-state index in [1.807, 2.05) is 0 Å². The summed E-state index contributed by atoms with van der Waals surface area (Å²) in [5.74, 6) is -3.12. The van der Waals surface area contributed by atoms with Crippen LogP contribution in [0.2, 0.25) is 0 Å². The number of urea groups is 1. The highest BCUT2D eigenvalue weighted by Crippen LogP contribution is 2.30. The van der Waals surface area contributed by atoms with Crippen molar-refractivity contribution in [2.45, 2.75) is 16.7 Å². The standard InChI is InChI=1S/C37H30N4O11S2/c1-20-13-28(19-32(34(20)43)35(44)45)41-54(50,51)30-11-6-22-4-8-26(15-24(22)17-30)39-37(47)38-25-7-3-21-5-10-29(16-23(21)14-25)53(48,49)40-27-9-12-33(42)31(18-27)36(46)52-2/h3-19,40-43H,1-2H3,(H,44,45)(H2,38,39,47). The number of ether oxygens (including phenoxy) is 1. The highest BCUT2D eigenvalue weighted by molar-refractivity contribution is 7.93. The molecular formula is C37H30N4O11S2. The van der Waals surface area contributed by atoms with Gasteiger partial charge in [0.25, 0.3) is 20.0 Å². The van der Waals surface area contributed by atoms with Crippen LogP contribution in [0.5, 0.6) is 11.5 Å². The van der Waals surface area contributed by atoms with Crippen molar-refractivity contribution in [3.8, 4) is 11.5 Å². The van der Waals surface area contributed by atoms with Crippen molar-refractivity contribution in [2.24, 2.45) is 0 Å². The van der Waals surface area contributed by atoms with Gasteiger partial charge in [-0.25, -0.2) is 31.2 Å². The monoisotopic (exact) mass is 770 g/mol. The van der Waals surface area contributed by atoms with Gasteiger partial charge in [-0.05, 0) is 113 Å². The molecular weight excluding hydrogens is 741 g/mol. The zero-order valence-corrected chi connectivity index (χ0v) is 29.9. The second kappa shape index (κ2) is 14.3. The van der Waals surface area contributed by atoms with Crippen LogP contribution in [0, 0.1) is 6.92 Å². The molecule has 0 aliphatic rings. The van der Waals surface area contributed by atoms with Crippen LogP contribution in [0.1, 0.15) is 26.3 Å². The summed E-state index contributed by atoms with van der Waals surface area (Å²) < 4.78 is 62.2. The number of hydrogen-bond acceptors (Lipinski definition) is 10. The summed E-state index contributed by atoms with van der Waals surface area (Å²) in [4.78, 5) is 36.2.